The number of furan rings is 1. The number of benzene rings is 6. The maximum Gasteiger partial charge on any atom is 0.165 e. The standard InChI is InChI=1S/C39H23N3OS/c1-2-9-24(10-3-1)25-17-19-26(20-18-25)37-40-38(27-21-22-29-28-11-4-6-15-33(28)43-34(29)23-27)42-39(41-37)32-14-8-13-31-30-12-5-7-16-35(30)44-36(31)32/h1-23H. The molecule has 0 bridgehead atoms. The van der Waals surface area contributed by atoms with E-state index in [0.717, 1.165) is 44.2 Å². The average molecular weight is 582 g/mol. The van der Waals surface area contributed by atoms with Gasteiger partial charge >= 0.3 is 0 Å². The Morgan fingerprint density at radius 3 is 1.89 bits per heavy atom. The molecule has 0 aliphatic carbocycles. The largest absolute Gasteiger partial charge is 0.456 e. The summed E-state index contributed by atoms with van der Waals surface area (Å²) in [7, 11) is 0. The molecule has 0 amide bonds. The molecule has 0 radical (unpaired) electrons. The fourth-order valence-electron chi connectivity index (χ4n) is 5.99. The lowest BCUT2D eigenvalue weighted by atomic mass is 10.0. The van der Waals surface area contributed by atoms with Crippen molar-refractivity contribution in [3.8, 4) is 45.3 Å². The predicted molar refractivity (Wildman–Crippen MR) is 182 cm³/mol. The first-order valence-electron chi connectivity index (χ1n) is 14.5. The molecule has 3 aromatic heterocycles. The van der Waals surface area contributed by atoms with Crippen molar-refractivity contribution in [3.63, 3.8) is 0 Å². The van der Waals surface area contributed by atoms with Crippen molar-refractivity contribution in [1.29, 1.82) is 0 Å². The quantitative estimate of drug-likeness (QED) is 0.207. The lowest BCUT2D eigenvalue weighted by Crippen LogP contribution is -2.00. The van der Waals surface area contributed by atoms with Crippen LogP contribution in [-0.4, -0.2) is 15.0 Å². The molecule has 206 valence electrons. The van der Waals surface area contributed by atoms with E-state index in [9.17, 15) is 0 Å². The molecule has 9 rings (SSSR count). The van der Waals surface area contributed by atoms with Crippen LogP contribution in [-0.2, 0) is 0 Å². The highest BCUT2D eigenvalue weighted by Gasteiger charge is 2.17. The topological polar surface area (TPSA) is 51.8 Å². The van der Waals surface area contributed by atoms with Crippen molar-refractivity contribution < 1.29 is 4.42 Å². The fourth-order valence-corrected chi connectivity index (χ4v) is 7.20. The molecule has 0 atom stereocenters. The molecule has 4 nitrogen and oxygen atoms in total. The number of aromatic nitrogens is 3. The van der Waals surface area contributed by atoms with E-state index in [1.165, 1.54) is 25.7 Å². The van der Waals surface area contributed by atoms with Crippen molar-refractivity contribution >= 4 is 53.4 Å². The Hall–Kier alpha value is -5.65. The third-order valence-electron chi connectivity index (χ3n) is 8.17. The number of nitrogens with zero attached hydrogens (tertiary/aromatic N) is 3. The van der Waals surface area contributed by atoms with Gasteiger partial charge in [-0.15, -0.1) is 11.3 Å². The van der Waals surface area contributed by atoms with Crippen LogP contribution in [0.2, 0.25) is 0 Å². The summed E-state index contributed by atoms with van der Waals surface area (Å²) in [6.07, 6.45) is 0. The van der Waals surface area contributed by atoms with Crippen LogP contribution in [0.3, 0.4) is 0 Å². The predicted octanol–water partition coefficient (Wildman–Crippen LogP) is 10.8. The molecule has 0 fully saturated rings. The van der Waals surface area contributed by atoms with Crippen LogP contribution in [0.1, 0.15) is 0 Å². The van der Waals surface area contributed by atoms with Crippen molar-refractivity contribution in [2.24, 2.45) is 0 Å². The normalized spacial score (nSPS) is 11.6. The minimum absolute atomic E-state index is 0.609. The first kappa shape index (κ1) is 24.9. The molecule has 0 saturated carbocycles. The van der Waals surface area contributed by atoms with Gasteiger partial charge in [-0.3, -0.25) is 0 Å². The van der Waals surface area contributed by atoms with Crippen LogP contribution in [0, 0.1) is 0 Å². The van der Waals surface area contributed by atoms with Gasteiger partial charge in [-0.2, -0.15) is 0 Å². The maximum absolute atomic E-state index is 6.22. The minimum atomic E-state index is 0.609. The molecular formula is C39H23N3OS. The molecule has 9 aromatic rings. The van der Waals surface area contributed by atoms with Gasteiger partial charge in [0.15, 0.2) is 17.5 Å². The van der Waals surface area contributed by atoms with Gasteiger partial charge in [0, 0.05) is 47.6 Å². The van der Waals surface area contributed by atoms with Crippen molar-refractivity contribution in [2.45, 2.75) is 0 Å². The molecule has 0 saturated heterocycles. The SMILES string of the molecule is c1ccc(-c2ccc(-c3nc(-c4ccc5c(c4)oc4ccccc45)nc(-c4cccc5c4sc4ccccc45)n3)cc2)cc1. The summed E-state index contributed by atoms with van der Waals surface area (Å²) in [6.45, 7) is 0. The van der Waals surface area contributed by atoms with Crippen LogP contribution in [0.4, 0.5) is 0 Å². The molecular weight excluding hydrogens is 559 g/mol. The van der Waals surface area contributed by atoms with E-state index >= 15 is 0 Å². The monoisotopic (exact) mass is 581 g/mol. The van der Waals surface area contributed by atoms with E-state index in [-0.39, 0.29) is 0 Å². The van der Waals surface area contributed by atoms with E-state index in [4.69, 9.17) is 19.4 Å². The summed E-state index contributed by atoms with van der Waals surface area (Å²) in [5.74, 6) is 1.89. The van der Waals surface area contributed by atoms with Crippen LogP contribution in [0.15, 0.2) is 144 Å². The molecule has 5 heteroatoms. The first-order valence-corrected chi connectivity index (χ1v) is 15.3. The Morgan fingerprint density at radius 2 is 1.02 bits per heavy atom. The highest BCUT2D eigenvalue weighted by Crippen LogP contribution is 2.40. The summed E-state index contributed by atoms with van der Waals surface area (Å²) < 4.78 is 8.64. The first-order chi connectivity index (χ1) is 21.8. The van der Waals surface area contributed by atoms with Crippen LogP contribution in [0.25, 0.3) is 87.4 Å². The van der Waals surface area contributed by atoms with Crippen LogP contribution in [0.5, 0.6) is 0 Å². The number of fused-ring (bicyclic) bond motifs is 6. The zero-order valence-corrected chi connectivity index (χ0v) is 24.3. The van der Waals surface area contributed by atoms with Crippen molar-refractivity contribution in [2.75, 3.05) is 0 Å². The second-order valence-electron chi connectivity index (χ2n) is 10.8. The van der Waals surface area contributed by atoms with Gasteiger partial charge < -0.3 is 4.42 Å². The highest BCUT2D eigenvalue weighted by molar-refractivity contribution is 7.26. The number of para-hydroxylation sites is 1. The lowest BCUT2D eigenvalue weighted by molar-refractivity contribution is 0.669. The van der Waals surface area contributed by atoms with Gasteiger partial charge in [0.05, 0.1) is 0 Å². The Labute approximate surface area is 256 Å². The molecule has 0 aliphatic heterocycles. The molecule has 0 spiro atoms. The Kier molecular flexibility index (Phi) is 5.64. The molecule has 0 N–H and O–H groups in total. The zero-order chi connectivity index (χ0) is 29.0. The second-order valence-corrected chi connectivity index (χ2v) is 11.9. The summed E-state index contributed by atoms with van der Waals surface area (Å²) in [4.78, 5) is 15.2. The van der Waals surface area contributed by atoms with Crippen molar-refractivity contribution in [1.82, 2.24) is 15.0 Å². The van der Waals surface area contributed by atoms with Gasteiger partial charge in [-0.05, 0) is 41.5 Å². The van der Waals surface area contributed by atoms with Gasteiger partial charge in [0.25, 0.3) is 0 Å². The lowest BCUT2D eigenvalue weighted by Gasteiger charge is -2.10. The van der Waals surface area contributed by atoms with Crippen molar-refractivity contribution in [3.05, 3.63) is 140 Å². The molecule has 3 heterocycles. The Morgan fingerprint density at radius 1 is 0.409 bits per heavy atom. The summed E-state index contributed by atoms with van der Waals surface area (Å²) in [5, 5.41) is 4.63. The fraction of sp³-hybridized carbons (Fsp3) is 0. The van der Waals surface area contributed by atoms with Gasteiger partial charge in [-0.25, -0.2) is 15.0 Å². The summed E-state index contributed by atoms with van der Waals surface area (Å²) >= 11 is 1.77. The number of hydrogen-bond acceptors (Lipinski definition) is 5. The van der Waals surface area contributed by atoms with Gasteiger partial charge in [0.2, 0.25) is 0 Å². The molecule has 6 aromatic carbocycles. The van der Waals surface area contributed by atoms with E-state index in [1.807, 2.05) is 30.3 Å². The third-order valence-corrected chi connectivity index (χ3v) is 9.39. The van der Waals surface area contributed by atoms with Crippen LogP contribution < -0.4 is 0 Å². The Bertz CT molecular complexity index is 2490. The third kappa shape index (κ3) is 4.09. The number of thiophene rings is 1. The maximum atomic E-state index is 6.22. The minimum Gasteiger partial charge on any atom is -0.456 e. The number of rotatable bonds is 4. The zero-order valence-electron chi connectivity index (χ0n) is 23.4. The number of hydrogen-bond donors (Lipinski definition) is 0. The smallest absolute Gasteiger partial charge is 0.165 e. The van der Waals surface area contributed by atoms with E-state index < -0.39 is 0 Å². The second kappa shape index (κ2) is 9.97. The summed E-state index contributed by atoms with van der Waals surface area (Å²) in [6, 6.07) is 48.1. The van der Waals surface area contributed by atoms with E-state index in [0.29, 0.717) is 17.5 Å². The Balaban J connectivity index is 1.24. The molecule has 44 heavy (non-hydrogen) atoms. The van der Waals surface area contributed by atoms with E-state index in [2.05, 4.69) is 109 Å². The van der Waals surface area contributed by atoms with Gasteiger partial charge in [-0.1, -0.05) is 109 Å². The average Bonchev–Trinajstić information content (AvgIpc) is 3.66. The highest BCUT2D eigenvalue weighted by atomic mass is 32.1. The van der Waals surface area contributed by atoms with Crippen LogP contribution >= 0.6 is 11.3 Å². The molecule has 0 unspecified atom stereocenters. The van der Waals surface area contributed by atoms with Gasteiger partial charge in [0.1, 0.15) is 11.2 Å². The van der Waals surface area contributed by atoms with E-state index in [1.54, 1.807) is 11.3 Å². The summed E-state index contributed by atoms with van der Waals surface area (Å²) in [5.41, 5.74) is 6.81. The molecule has 0 aliphatic rings.